The molecule has 0 atom stereocenters. The first-order valence-corrected chi connectivity index (χ1v) is 6.04. The smallest absolute Gasteiger partial charge is 0.312 e. The van der Waals surface area contributed by atoms with Gasteiger partial charge in [-0.15, -0.1) is 11.3 Å². The monoisotopic (exact) mass is 242 g/mol. The largest absolute Gasteiger partial charge is 0.469 e. The molecule has 1 aromatic rings. The van der Waals surface area contributed by atoms with Gasteiger partial charge in [-0.2, -0.15) is 0 Å². The molecular formula is C11H18N2O2S. The van der Waals surface area contributed by atoms with Crippen molar-refractivity contribution in [2.45, 2.75) is 27.3 Å². The summed E-state index contributed by atoms with van der Waals surface area (Å²) in [5.74, 6) is -0.200. The Morgan fingerprint density at radius 3 is 2.81 bits per heavy atom. The fraction of sp³-hybridized carbons (Fsp3) is 0.636. The molecule has 0 amide bonds. The number of methoxy groups -OCH3 is 1. The Morgan fingerprint density at radius 1 is 1.62 bits per heavy atom. The van der Waals surface area contributed by atoms with Crippen LogP contribution in [0, 0.1) is 12.3 Å². The van der Waals surface area contributed by atoms with Gasteiger partial charge in [0.15, 0.2) is 0 Å². The minimum atomic E-state index is -0.500. The summed E-state index contributed by atoms with van der Waals surface area (Å²) in [5, 5.41) is 6.29. The van der Waals surface area contributed by atoms with Crippen LogP contribution in [0.4, 0.5) is 0 Å². The number of hydrogen-bond donors (Lipinski definition) is 1. The minimum absolute atomic E-state index is 0.200. The van der Waals surface area contributed by atoms with Crippen molar-refractivity contribution in [2.24, 2.45) is 5.41 Å². The standard InChI is InChI=1S/C11H18N2O2S/c1-8-13-9(6-16-8)5-12-7-11(2,3)10(14)15-4/h6,12H,5,7H2,1-4H3. The van der Waals surface area contributed by atoms with Crippen LogP contribution in [-0.4, -0.2) is 24.6 Å². The molecule has 0 saturated carbocycles. The number of nitrogens with one attached hydrogen (secondary N) is 1. The van der Waals surface area contributed by atoms with E-state index in [1.54, 1.807) is 11.3 Å². The van der Waals surface area contributed by atoms with E-state index < -0.39 is 5.41 Å². The van der Waals surface area contributed by atoms with Gasteiger partial charge in [0.05, 0.1) is 23.2 Å². The first-order valence-electron chi connectivity index (χ1n) is 5.16. The molecule has 0 radical (unpaired) electrons. The van der Waals surface area contributed by atoms with Crippen molar-refractivity contribution in [3.05, 3.63) is 16.1 Å². The van der Waals surface area contributed by atoms with Crippen LogP contribution in [0.5, 0.6) is 0 Å². The zero-order chi connectivity index (χ0) is 12.2. The maximum Gasteiger partial charge on any atom is 0.312 e. The van der Waals surface area contributed by atoms with Gasteiger partial charge < -0.3 is 10.1 Å². The van der Waals surface area contributed by atoms with Crippen molar-refractivity contribution < 1.29 is 9.53 Å². The van der Waals surface area contributed by atoms with Crippen molar-refractivity contribution in [1.29, 1.82) is 0 Å². The van der Waals surface area contributed by atoms with Gasteiger partial charge in [0.25, 0.3) is 0 Å². The summed E-state index contributed by atoms with van der Waals surface area (Å²) in [6.45, 7) is 6.96. The molecule has 0 aliphatic rings. The summed E-state index contributed by atoms with van der Waals surface area (Å²) >= 11 is 1.63. The molecule has 90 valence electrons. The maximum absolute atomic E-state index is 11.4. The van der Waals surface area contributed by atoms with E-state index >= 15 is 0 Å². The molecule has 1 rings (SSSR count). The quantitative estimate of drug-likeness (QED) is 0.799. The third kappa shape index (κ3) is 3.57. The van der Waals surface area contributed by atoms with Gasteiger partial charge in [0.1, 0.15) is 0 Å². The Kier molecular flexibility index (Phi) is 4.44. The molecule has 0 spiro atoms. The number of carbonyl (C=O) groups excluding carboxylic acids is 1. The molecule has 0 fully saturated rings. The molecule has 0 aliphatic heterocycles. The predicted octanol–water partition coefficient (Wildman–Crippen LogP) is 1.74. The molecule has 0 saturated heterocycles. The lowest BCUT2D eigenvalue weighted by Gasteiger charge is -2.21. The third-order valence-electron chi connectivity index (χ3n) is 2.28. The number of nitrogens with zero attached hydrogens (tertiary/aromatic N) is 1. The summed E-state index contributed by atoms with van der Waals surface area (Å²) in [6.07, 6.45) is 0. The van der Waals surface area contributed by atoms with Crippen molar-refractivity contribution in [2.75, 3.05) is 13.7 Å². The number of esters is 1. The van der Waals surface area contributed by atoms with Crippen LogP contribution >= 0.6 is 11.3 Å². The zero-order valence-electron chi connectivity index (χ0n) is 10.2. The van der Waals surface area contributed by atoms with Crippen molar-refractivity contribution in [3.63, 3.8) is 0 Å². The van der Waals surface area contributed by atoms with E-state index in [2.05, 4.69) is 10.3 Å². The molecule has 0 bridgehead atoms. The summed E-state index contributed by atoms with van der Waals surface area (Å²) < 4.78 is 4.73. The van der Waals surface area contributed by atoms with E-state index in [4.69, 9.17) is 4.74 Å². The number of carbonyl (C=O) groups is 1. The molecule has 16 heavy (non-hydrogen) atoms. The number of aryl methyl sites for hydroxylation is 1. The summed E-state index contributed by atoms with van der Waals surface area (Å²) in [4.78, 5) is 15.7. The van der Waals surface area contributed by atoms with Crippen molar-refractivity contribution >= 4 is 17.3 Å². The van der Waals surface area contributed by atoms with E-state index in [-0.39, 0.29) is 5.97 Å². The minimum Gasteiger partial charge on any atom is -0.469 e. The van der Waals surface area contributed by atoms with Crippen LogP contribution in [0.15, 0.2) is 5.38 Å². The second-order valence-corrected chi connectivity index (χ2v) is 5.40. The highest BCUT2D eigenvalue weighted by molar-refractivity contribution is 7.09. The highest BCUT2D eigenvalue weighted by atomic mass is 32.1. The molecule has 1 N–H and O–H groups in total. The van der Waals surface area contributed by atoms with E-state index in [0.29, 0.717) is 13.1 Å². The Balaban J connectivity index is 2.38. The molecule has 5 heteroatoms. The molecule has 4 nitrogen and oxygen atoms in total. The van der Waals surface area contributed by atoms with Gasteiger partial charge in [-0.25, -0.2) is 4.98 Å². The number of rotatable bonds is 5. The highest BCUT2D eigenvalue weighted by Crippen LogP contribution is 2.15. The first kappa shape index (κ1) is 13.1. The van der Waals surface area contributed by atoms with Crippen LogP contribution in [0.2, 0.25) is 0 Å². The van der Waals surface area contributed by atoms with Gasteiger partial charge in [-0.05, 0) is 20.8 Å². The van der Waals surface area contributed by atoms with Gasteiger partial charge >= 0.3 is 5.97 Å². The maximum atomic E-state index is 11.4. The fourth-order valence-electron chi connectivity index (χ4n) is 1.34. The van der Waals surface area contributed by atoms with Crippen LogP contribution in [0.25, 0.3) is 0 Å². The predicted molar refractivity (Wildman–Crippen MR) is 64.4 cm³/mol. The molecule has 0 aromatic carbocycles. The SMILES string of the molecule is COC(=O)C(C)(C)CNCc1csc(C)n1. The zero-order valence-corrected chi connectivity index (χ0v) is 11.0. The Morgan fingerprint density at radius 2 is 2.31 bits per heavy atom. The number of hydrogen-bond acceptors (Lipinski definition) is 5. The average Bonchev–Trinajstić information content (AvgIpc) is 2.62. The van der Waals surface area contributed by atoms with Crippen molar-refractivity contribution in [3.8, 4) is 0 Å². The summed E-state index contributed by atoms with van der Waals surface area (Å²) in [5.41, 5.74) is 0.517. The Bertz CT molecular complexity index is 361. The number of thiazole rings is 1. The second-order valence-electron chi connectivity index (χ2n) is 4.34. The topological polar surface area (TPSA) is 51.2 Å². The van der Waals surface area contributed by atoms with Gasteiger partial charge in [0.2, 0.25) is 0 Å². The lowest BCUT2D eigenvalue weighted by atomic mass is 9.94. The second kappa shape index (κ2) is 5.41. The van der Waals surface area contributed by atoms with E-state index in [0.717, 1.165) is 10.7 Å². The number of aromatic nitrogens is 1. The molecule has 1 aromatic heterocycles. The van der Waals surface area contributed by atoms with Crippen LogP contribution in [0.1, 0.15) is 24.5 Å². The van der Waals surface area contributed by atoms with Crippen LogP contribution < -0.4 is 5.32 Å². The summed E-state index contributed by atoms with van der Waals surface area (Å²) in [7, 11) is 1.41. The van der Waals surface area contributed by atoms with Crippen molar-refractivity contribution in [1.82, 2.24) is 10.3 Å². The van der Waals surface area contributed by atoms with E-state index in [1.165, 1.54) is 7.11 Å². The van der Waals surface area contributed by atoms with Gasteiger partial charge in [-0.1, -0.05) is 0 Å². The molecule has 1 heterocycles. The number of ether oxygens (including phenoxy) is 1. The molecule has 0 unspecified atom stereocenters. The lowest BCUT2D eigenvalue weighted by molar-refractivity contribution is -0.150. The normalized spacial score (nSPS) is 11.5. The molecule has 0 aliphatic carbocycles. The van der Waals surface area contributed by atoms with Crippen LogP contribution in [0.3, 0.4) is 0 Å². The van der Waals surface area contributed by atoms with E-state index in [9.17, 15) is 4.79 Å². The van der Waals surface area contributed by atoms with Crippen LogP contribution in [-0.2, 0) is 16.1 Å². The fourth-order valence-corrected chi connectivity index (χ4v) is 1.95. The summed E-state index contributed by atoms with van der Waals surface area (Å²) in [6, 6.07) is 0. The highest BCUT2D eigenvalue weighted by Gasteiger charge is 2.27. The first-order chi connectivity index (χ1) is 7.45. The lowest BCUT2D eigenvalue weighted by Crippen LogP contribution is -2.36. The molecular weight excluding hydrogens is 224 g/mol. The third-order valence-corrected chi connectivity index (χ3v) is 3.10. The Labute approximate surface area is 100 Å². The Hall–Kier alpha value is -0.940. The van der Waals surface area contributed by atoms with E-state index in [1.807, 2.05) is 26.2 Å². The van der Waals surface area contributed by atoms with Gasteiger partial charge in [-0.3, -0.25) is 4.79 Å². The van der Waals surface area contributed by atoms with Gasteiger partial charge in [0, 0.05) is 18.5 Å². The average molecular weight is 242 g/mol.